The number of carboxylic acid groups (broad SMARTS) is 1. The molecule has 2 rings (SSSR count). The first-order valence-electron chi connectivity index (χ1n) is 5.27. The van der Waals surface area contributed by atoms with Gasteiger partial charge in [0.05, 0.1) is 10.0 Å². The molecule has 0 radical (unpaired) electrons. The second kappa shape index (κ2) is 5.71. The van der Waals surface area contributed by atoms with E-state index in [1.807, 2.05) is 18.2 Å². The van der Waals surface area contributed by atoms with Crippen LogP contribution >= 0.6 is 31.9 Å². The van der Waals surface area contributed by atoms with E-state index in [2.05, 4.69) is 43.4 Å². The fourth-order valence-corrected chi connectivity index (χ4v) is 2.89. The van der Waals surface area contributed by atoms with Gasteiger partial charge in [0.25, 0.3) is 0 Å². The number of carbonyl (C=O) groups is 1. The van der Waals surface area contributed by atoms with Crippen molar-refractivity contribution >= 4 is 48.7 Å². The van der Waals surface area contributed by atoms with E-state index < -0.39 is 5.97 Å². The Balaban J connectivity index is 2.42. The van der Waals surface area contributed by atoms with E-state index in [1.54, 1.807) is 6.20 Å². The number of aromatic nitrogens is 1. The van der Waals surface area contributed by atoms with E-state index in [1.165, 1.54) is 0 Å². The molecule has 0 spiro atoms. The third-order valence-corrected chi connectivity index (χ3v) is 3.69. The van der Waals surface area contributed by atoms with Crippen LogP contribution in [0.1, 0.15) is 0 Å². The molecule has 0 aliphatic carbocycles. The summed E-state index contributed by atoms with van der Waals surface area (Å²) >= 11 is 6.83. The maximum atomic E-state index is 10.7. The predicted molar refractivity (Wildman–Crippen MR) is 79.4 cm³/mol. The summed E-state index contributed by atoms with van der Waals surface area (Å²) in [4.78, 5) is 15.0. The summed E-state index contributed by atoms with van der Waals surface area (Å²) < 4.78 is 7.10. The lowest BCUT2D eigenvalue weighted by Gasteiger charge is -2.11. The van der Waals surface area contributed by atoms with Crippen LogP contribution in [0.3, 0.4) is 0 Å². The number of hydrogen-bond acceptors (Lipinski definition) is 3. The molecule has 0 saturated carbocycles. The number of ether oxygens (including phenoxy) is 1. The molecule has 0 amide bonds. The van der Waals surface area contributed by atoms with Gasteiger partial charge >= 0.3 is 5.97 Å². The molecule has 1 heterocycles. The molecule has 0 fully saturated rings. The third kappa shape index (κ3) is 2.96. The third-order valence-electron chi connectivity index (χ3n) is 2.44. The first-order chi connectivity index (χ1) is 9.00. The maximum Gasteiger partial charge on any atom is 0.334 e. The summed E-state index contributed by atoms with van der Waals surface area (Å²) in [6.07, 6.45) is 1.65. The van der Waals surface area contributed by atoms with Crippen molar-refractivity contribution in [2.75, 3.05) is 6.61 Å². The standard InChI is InChI=1S/C13H9Br2NO3/c1-7(13(17)18)6-19-12-10(15)5-9(14)8-3-2-4-16-11(8)12/h2-5H,1,6H2,(H,17,18). The minimum atomic E-state index is -1.08. The number of benzene rings is 1. The molecule has 0 aliphatic heterocycles. The van der Waals surface area contributed by atoms with Gasteiger partial charge in [0, 0.05) is 16.1 Å². The quantitative estimate of drug-likeness (QED) is 0.812. The Hall–Kier alpha value is -1.40. The molecule has 0 atom stereocenters. The van der Waals surface area contributed by atoms with Gasteiger partial charge < -0.3 is 9.84 Å². The van der Waals surface area contributed by atoms with Crippen molar-refractivity contribution in [2.24, 2.45) is 0 Å². The van der Waals surface area contributed by atoms with Gasteiger partial charge in [-0.25, -0.2) is 4.79 Å². The second-order valence-corrected chi connectivity index (χ2v) is 5.47. The second-order valence-electron chi connectivity index (χ2n) is 3.77. The number of aliphatic carboxylic acids is 1. The van der Waals surface area contributed by atoms with Crippen molar-refractivity contribution < 1.29 is 14.6 Å². The summed E-state index contributed by atoms with van der Waals surface area (Å²) in [7, 11) is 0. The van der Waals surface area contributed by atoms with Gasteiger partial charge in [0.2, 0.25) is 0 Å². The van der Waals surface area contributed by atoms with Crippen LogP contribution in [0.5, 0.6) is 5.75 Å². The summed E-state index contributed by atoms with van der Waals surface area (Å²) in [6.45, 7) is 3.33. The normalized spacial score (nSPS) is 10.4. The van der Waals surface area contributed by atoms with Gasteiger partial charge in [-0.2, -0.15) is 0 Å². The minimum Gasteiger partial charge on any atom is -0.485 e. The fraction of sp³-hybridized carbons (Fsp3) is 0.0769. The summed E-state index contributed by atoms with van der Waals surface area (Å²) in [5.74, 6) is -0.577. The Morgan fingerprint density at radius 1 is 1.42 bits per heavy atom. The summed E-state index contributed by atoms with van der Waals surface area (Å²) in [6, 6.07) is 5.56. The number of rotatable bonds is 4. The minimum absolute atomic E-state index is 0.0149. The van der Waals surface area contributed by atoms with Crippen LogP contribution in [-0.4, -0.2) is 22.7 Å². The van der Waals surface area contributed by atoms with E-state index in [0.29, 0.717) is 15.7 Å². The van der Waals surface area contributed by atoms with E-state index in [0.717, 1.165) is 9.86 Å². The zero-order valence-corrected chi connectivity index (χ0v) is 12.9. The SMILES string of the molecule is C=C(COc1c(Br)cc(Br)c2cccnc12)C(=O)O. The molecule has 98 valence electrons. The highest BCUT2D eigenvalue weighted by Crippen LogP contribution is 2.37. The van der Waals surface area contributed by atoms with Gasteiger partial charge in [-0.3, -0.25) is 4.98 Å². The zero-order chi connectivity index (χ0) is 14.0. The number of carboxylic acids is 1. The lowest BCUT2D eigenvalue weighted by atomic mass is 10.2. The summed E-state index contributed by atoms with van der Waals surface area (Å²) in [5, 5.41) is 9.66. The molecule has 6 heteroatoms. The Morgan fingerprint density at radius 3 is 2.84 bits per heavy atom. The van der Waals surface area contributed by atoms with Crippen LogP contribution in [0.2, 0.25) is 0 Å². The maximum absolute atomic E-state index is 10.7. The van der Waals surface area contributed by atoms with Gasteiger partial charge in [-0.1, -0.05) is 28.6 Å². The van der Waals surface area contributed by atoms with E-state index >= 15 is 0 Å². The van der Waals surface area contributed by atoms with Gasteiger partial charge in [0.1, 0.15) is 12.1 Å². The largest absolute Gasteiger partial charge is 0.485 e. The molecule has 19 heavy (non-hydrogen) atoms. The lowest BCUT2D eigenvalue weighted by molar-refractivity contribution is -0.133. The Morgan fingerprint density at radius 2 is 2.16 bits per heavy atom. The van der Waals surface area contributed by atoms with Crippen molar-refractivity contribution in [2.45, 2.75) is 0 Å². The van der Waals surface area contributed by atoms with Crippen LogP contribution in [0, 0.1) is 0 Å². The molecule has 0 saturated heterocycles. The zero-order valence-electron chi connectivity index (χ0n) is 9.69. The van der Waals surface area contributed by atoms with Crippen molar-refractivity contribution in [3.8, 4) is 5.75 Å². The smallest absolute Gasteiger partial charge is 0.334 e. The molecule has 1 N–H and O–H groups in total. The van der Waals surface area contributed by atoms with Gasteiger partial charge in [0.15, 0.2) is 5.75 Å². The topological polar surface area (TPSA) is 59.4 Å². The van der Waals surface area contributed by atoms with Crippen LogP contribution in [0.4, 0.5) is 0 Å². The molecule has 2 aromatic rings. The molecule has 1 aromatic heterocycles. The molecular weight excluding hydrogens is 378 g/mol. The Kier molecular flexibility index (Phi) is 4.21. The highest BCUT2D eigenvalue weighted by Gasteiger charge is 2.13. The predicted octanol–water partition coefficient (Wildman–Crippen LogP) is 3.78. The average Bonchev–Trinajstić information content (AvgIpc) is 2.38. The molecule has 0 aliphatic rings. The lowest BCUT2D eigenvalue weighted by Crippen LogP contribution is -2.09. The van der Waals surface area contributed by atoms with Crippen LogP contribution < -0.4 is 4.74 Å². The fourth-order valence-electron chi connectivity index (χ4n) is 1.50. The van der Waals surface area contributed by atoms with E-state index in [4.69, 9.17) is 9.84 Å². The van der Waals surface area contributed by atoms with Crippen molar-refractivity contribution in [1.29, 1.82) is 0 Å². The van der Waals surface area contributed by atoms with Crippen molar-refractivity contribution in [3.05, 3.63) is 45.5 Å². The molecule has 4 nitrogen and oxygen atoms in total. The van der Waals surface area contributed by atoms with Crippen LogP contribution in [-0.2, 0) is 4.79 Å². The number of nitrogens with zero attached hydrogens (tertiary/aromatic N) is 1. The van der Waals surface area contributed by atoms with Crippen molar-refractivity contribution in [1.82, 2.24) is 4.98 Å². The first kappa shape index (κ1) is 14.0. The van der Waals surface area contributed by atoms with E-state index in [9.17, 15) is 4.79 Å². The van der Waals surface area contributed by atoms with E-state index in [-0.39, 0.29) is 12.2 Å². The number of hydrogen-bond donors (Lipinski definition) is 1. The molecule has 0 unspecified atom stereocenters. The molecule has 0 bridgehead atoms. The summed E-state index contributed by atoms with van der Waals surface area (Å²) in [5.41, 5.74) is 0.640. The monoisotopic (exact) mass is 385 g/mol. The Labute approximate surface area is 126 Å². The Bertz CT molecular complexity index is 670. The highest BCUT2D eigenvalue weighted by molar-refractivity contribution is 9.11. The highest BCUT2D eigenvalue weighted by atomic mass is 79.9. The van der Waals surface area contributed by atoms with Crippen LogP contribution in [0.25, 0.3) is 10.9 Å². The van der Waals surface area contributed by atoms with Gasteiger partial charge in [-0.05, 0) is 28.1 Å². The molecule has 1 aromatic carbocycles. The average molecular weight is 387 g/mol. The number of fused-ring (bicyclic) bond motifs is 1. The van der Waals surface area contributed by atoms with Crippen LogP contribution in [0.15, 0.2) is 45.5 Å². The van der Waals surface area contributed by atoms with Crippen molar-refractivity contribution in [3.63, 3.8) is 0 Å². The molecular formula is C13H9Br2NO3. The van der Waals surface area contributed by atoms with Gasteiger partial charge in [-0.15, -0.1) is 0 Å². The first-order valence-corrected chi connectivity index (χ1v) is 6.86. The number of pyridine rings is 1. The number of halogens is 2.